The van der Waals surface area contributed by atoms with Gasteiger partial charge >= 0.3 is 0 Å². The van der Waals surface area contributed by atoms with Crippen LogP contribution in [0, 0.1) is 0 Å². The van der Waals surface area contributed by atoms with Gasteiger partial charge in [0.15, 0.2) is 9.84 Å². The minimum atomic E-state index is -3.04. The van der Waals surface area contributed by atoms with E-state index in [2.05, 4.69) is 0 Å². The number of sulfone groups is 1. The van der Waals surface area contributed by atoms with Crippen molar-refractivity contribution in [2.75, 3.05) is 6.26 Å². The molecule has 12 heavy (non-hydrogen) atoms. The molecule has 0 radical (unpaired) electrons. The molecule has 3 heteroatoms. The predicted molar refractivity (Wildman–Crippen MR) is 52.6 cm³/mol. The Morgan fingerprint density at radius 2 is 1.83 bits per heavy atom. The van der Waals surface area contributed by atoms with Gasteiger partial charge in [0.05, 0.1) is 4.91 Å². The Hall–Kier alpha value is -0.570. The van der Waals surface area contributed by atoms with Crippen LogP contribution in [0.25, 0.3) is 0 Å². The standard InChI is InChI=1S/C9H16O2S/c1-5-6-7-9(8(2)3)12(4,10)11/h6-7H,5H2,1-4H3/b7-6-. The van der Waals surface area contributed by atoms with Crippen molar-refractivity contribution in [1.29, 1.82) is 0 Å². The molecule has 0 saturated heterocycles. The molecule has 0 aliphatic rings. The molecule has 0 aromatic carbocycles. The third-order valence-corrected chi connectivity index (χ3v) is 2.74. The highest BCUT2D eigenvalue weighted by Crippen LogP contribution is 2.12. The molecule has 2 nitrogen and oxygen atoms in total. The first-order valence-corrected chi connectivity index (χ1v) is 5.82. The highest BCUT2D eigenvalue weighted by Gasteiger charge is 2.08. The lowest BCUT2D eigenvalue weighted by molar-refractivity contribution is 0.608. The average Bonchev–Trinajstić information content (AvgIpc) is 1.84. The van der Waals surface area contributed by atoms with Crippen LogP contribution in [0.4, 0.5) is 0 Å². The number of rotatable bonds is 3. The van der Waals surface area contributed by atoms with Crippen molar-refractivity contribution < 1.29 is 8.42 Å². The topological polar surface area (TPSA) is 34.1 Å². The second-order valence-corrected chi connectivity index (χ2v) is 4.93. The van der Waals surface area contributed by atoms with Crippen molar-refractivity contribution in [3.05, 3.63) is 22.6 Å². The summed E-state index contributed by atoms with van der Waals surface area (Å²) in [7, 11) is -3.04. The molecular weight excluding hydrogens is 172 g/mol. The van der Waals surface area contributed by atoms with Gasteiger partial charge in [0, 0.05) is 6.26 Å². The van der Waals surface area contributed by atoms with Gasteiger partial charge in [0.25, 0.3) is 0 Å². The Bertz CT molecular complexity index is 290. The summed E-state index contributed by atoms with van der Waals surface area (Å²) in [6, 6.07) is 0. The van der Waals surface area contributed by atoms with Gasteiger partial charge in [-0.1, -0.05) is 18.6 Å². The first kappa shape index (κ1) is 11.4. The monoisotopic (exact) mass is 188 g/mol. The highest BCUT2D eigenvalue weighted by atomic mass is 32.2. The summed E-state index contributed by atoms with van der Waals surface area (Å²) in [5, 5.41) is 0. The Balaban J connectivity index is 4.99. The summed E-state index contributed by atoms with van der Waals surface area (Å²) in [6.07, 6.45) is 5.61. The van der Waals surface area contributed by atoms with Crippen molar-refractivity contribution in [3.63, 3.8) is 0 Å². The minimum Gasteiger partial charge on any atom is -0.224 e. The number of hydrogen-bond donors (Lipinski definition) is 0. The maximum atomic E-state index is 11.2. The number of hydrogen-bond acceptors (Lipinski definition) is 2. The lowest BCUT2D eigenvalue weighted by atomic mass is 10.3. The molecule has 0 amide bonds. The van der Waals surface area contributed by atoms with Gasteiger partial charge < -0.3 is 0 Å². The third kappa shape index (κ3) is 3.72. The molecule has 0 N–H and O–H groups in total. The van der Waals surface area contributed by atoms with E-state index in [0.29, 0.717) is 4.91 Å². The maximum absolute atomic E-state index is 11.2. The molecule has 0 unspecified atom stereocenters. The minimum absolute atomic E-state index is 0.435. The van der Waals surface area contributed by atoms with Crippen molar-refractivity contribution in [2.24, 2.45) is 0 Å². The fraction of sp³-hybridized carbons (Fsp3) is 0.556. The summed E-state index contributed by atoms with van der Waals surface area (Å²) in [4.78, 5) is 0.435. The fourth-order valence-electron chi connectivity index (χ4n) is 0.886. The van der Waals surface area contributed by atoms with E-state index in [4.69, 9.17) is 0 Å². The zero-order valence-electron chi connectivity index (χ0n) is 8.09. The van der Waals surface area contributed by atoms with Gasteiger partial charge in [-0.2, -0.15) is 0 Å². The normalized spacial score (nSPS) is 12.0. The SMILES string of the molecule is CC/C=C\C(=C(C)C)S(C)(=O)=O. The molecule has 70 valence electrons. The van der Waals surface area contributed by atoms with E-state index in [0.717, 1.165) is 12.0 Å². The van der Waals surface area contributed by atoms with Gasteiger partial charge in [-0.25, -0.2) is 8.42 Å². The van der Waals surface area contributed by atoms with Crippen molar-refractivity contribution in [1.82, 2.24) is 0 Å². The van der Waals surface area contributed by atoms with Crippen molar-refractivity contribution >= 4 is 9.84 Å². The van der Waals surface area contributed by atoms with Gasteiger partial charge in [-0.15, -0.1) is 0 Å². The van der Waals surface area contributed by atoms with Crippen LogP contribution in [0.1, 0.15) is 27.2 Å². The van der Waals surface area contributed by atoms with Crippen LogP contribution in [-0.2, 0) is 9.84 Å². The van der Waals surface area contributed by atoms with Crippen LogP contribution in [0.2, 0.25) is 0 Å². The lowest BCUT2D eigenvalue weighted by Crippen LogP contribution is -2.00. The van der Waals surface area contributed by atoms with E-state index >= 15 is 0 Å². The van der Waals surface area contributed by atoms with Gasteiger partial charge in [0.1, 0.15) is 0 Å². The zero-order chi connectivity index (χ0) is 9.78. The Labute approximate surface area is 74.9 Å². The molecule has 0 spiro atoms. The van der Waals surface area contributed by atoms with Crippen molar-refractivity contribution in [3.8, 4) is 0 Å². The predicted octanol–water partition coefficient (Wildman–Crippen LogP) is 2.29. The molecule has 0 aromatic rings. The quantitative estimate of drug-likeness (QED) is 0.637. The van der Waals surface area contributed by atoms with Gasteiger partial charge in [-0.05, 0) is 26.3 Å². The van der Waals surface area contributed by atoms with Crippen LogP contribution < -0.4 is 0 Å². The smallest absolute Gasteiger partial charge is 0.175 e. The first-order chi connectivity index (χ1) is 5.39. The Morgan fingerprint density at radius 3 is 2.08 bits per heavy atom. The summed E-state index contributed by atoms with van der Waals surface area (Å²) >= 11 is 0. The van der Waals surface area contributed by atoms with E-state index in [9.17, 15) is 8.42 Å². The third-order valence-electron chi connectivity index (χ3n) is 1.40. The van der Waals surface area contributed by atoms with E-state index in [1.165, 1.54) is 6.26 Å². The van der Waals surface area contributed by atoms with Crippen LogP contribution in [0.15, 0.2) is 22.6 Å². The molecule has 0 fully saturated rings. The molecule has 0 saturated carbocycles. The van der Waals surface area contributed by atoms with Gasteiger partial charge in [-0.3, -0.25) is 0 Å². The van der Waals surface area contributed by atoms with E-state index in [1.807, 2.05) is 13.0 Å². The lowest BCUT2D eigenvalue weighted by Gasteiger charge is -2.00. The maximum Gasteiger partial charge on any atom is 0.175 e. The first-order valence-electron chi connectivity index (χ1n) is 3.93. The van der Waals surface area contributed by atoms with Crippen LogP contribution in [-0.4, -0.2) is 14.7 Å². The fourth-order valence-corrected chi connectivity index (χ4v) is 1.97. The molecule has 0 bridgehead atoms. The van der Waals surface area contributed by atoms with Crippen LogP contribution in [0.5, 0.6) is 0 Å². The zero-order valence-corrected chi connectivity index (χ0v) is 8.90. The molecule has 0 atom stereocenters. The second kappa shape index (κ2) is 4.45. The highest BCUT2D eigenvalue weighted by molar-refractivity contribution is 7.94. The molecule has 0 aromatic heterocycles. The second-order valence-electron chi connectivity index (χ2n) is 2.95. The summed E-state index contributed by atoms with van der Waals surface area (Å²) in [5.41, 5.74) is 0.835. The Kier molecular flexibility index (Phi) is 4.24. The molecule has 0 aliphatic heterocycles. The molecule has 0 heterocycles. The molecular formula is C9H16O2S. The molecule has 0 rings (SSSR count). The van der Waals surface area contributed by atoms with E-state index in [1.54, 1.807) is 19.9 Å². The van der Waals surface area contributed by atoms with Gasteiger partial charge in [0.2, 0.25) is 0 Å². The largest absolute Gasteiger partial charge is 0.224 e. The molecule has 0 aliphatic carbocycles. The Morgan fingerprint density at radius 1 is 1.33 bits per heavy atom. The van der Waals surface area contributed by atoms with E-state index in [-0.39, 0.29) is 0 Å². The van der Waals surface area contributed by atoms with Crippen LogP contribution >= 0.6 is 0 Å². The average molecular weight is 188 g/mol. The van der Waals surface area contributed by atoms with E-state index < -0.39 is 9.84 Å². The number of allylic oxidation sites excluding steroid dienone is 3. The van der Waals surface area contributed by atoms with Crippen LogP contribution in [0.3, 0.4) is 0 Å². The summed E-state index contributed by atoms with van der Waals surface area (Å²) in [6.45, 7) is 5.58. The van der Waals surface area contributed by atoms with Crippen molar-refractivity contribution in [2.45, 2.75) is 27.2 Å². The summed E-state index contributed by atoms with van der Waals surface area (Å²) in [5.74, 6) is 0. The summed E-state index contributed by atoms with van der Waals surface area (Å²) < 4.78 is 22.3.